The molecule has 1 aliphatic heterocycles. The number of nitrogen functional groups attached to an aromatic ring is 1. The fourth-order valence-electron chi connectivity index (χ4n) is 2.64. The van der Waals surface area contributed by atoms with Gasteiger partial charge in [0.05, 0.1) is 11.7 Å². The van der Waals surface area contributed by atoms with Crippen molar-refractivity contribution in [2.45, 2.75) is 32.8 Å². The van der Waals surface area contributed by atoms with Crippen LogP contribution in [0, 0.1) is 6.92 Å². The van der Waals surface area contributed by atoms with E-state index in [0.29, 0.717) is 24.4 Å². The molecule has 0 aliphatic carbocycles. The summed E-state index contributed by atoms with van der Waals surface area (Å²) >= 11 is 0. The monoisotopic (exact) mass is 262 g/mol. The maximum atomic E-state index is 12.6. The van der Waals surface area contributed by atoms with E-state index in [-0.39, 0.29) is 12.0 Å². The molecule has 4 nitrogen and oxygen atoms in total. The molecule has 2 rings (SSSR count). The molecule has 1 aromatic carbocycles. The maximum absolute atomic E-state index is 12.6. The van der Waals surface area contributed by atoms with E-state index in [1.54, 1.807) is 6.07 Å². The van der Waals surface area contributed by atoms with Crippen molar-refractivity contribution in [3.63, 3.8) is 0 Å². The number of nitrogens with zero attached hydrogens (tertiary/aromatic N) is 1. The molecule has 1 aliphatic rings. The SMILES string of the molecule is CCOC1CCCN(C(=O)c2c(C)cccc2N)C1. The van der Waals surface area contributed by atoms with Gasteiger partial charge < -0.3 is 15.4 Å². The third-order valence-electron chi connectivity index (χ3n) is 3.59. The first kappa shape index (κ1) is 13.9. The van der Waals surface area contributed by atoms with E-state index in [4.69, 9.17) is 10.5 Å². The van der Waals surface area contributed by atoms with Crippen LogP contribution < -0.4 is 5.73 Å². The predicted molar refractivity (Wildman–Crippen MR) is 76.1 cm³/mol. The van der Waals surface area contributed by atoms with Gasteiger partial charge in [-0.25, -0.2) is 0 Å². The van der Waals surface area contributed by atoms with Gasteiger partial charge in [0.15, 0.2) is 0 Å². The lowest BCUT2D eigenvalue weighted by molar-refractivity contribution is 0.00725. The van der Waals surface area contributed by atoms with E-state index < -0.39 is 0 Å². The van der Waals surface area contributed by atoms with Crippen LogP contribution in [0.4, 0.5) is 5.69 Å². The van der Waals surface area contributed by atoms with Crippen LogP contribution in [0.15, 0.2) is 18.2 Å². The quantitative estimate of drug-likeness (QED) is 0.850. The molecule has 0 spiro atoms. The molecule has 1 saturated heterocycles. The third kappa shape index (κ3) is 3.07. The van der Waals surface area contributed by atoms with Gasteiger partial charge in [-0.05, 0) is 38.3 Å². The summed E-state index contributed by atoms with van der Waals surface area (Å²) in [7, 11) is 0. The number of anilines is 1. The molecule has 2 N–H and O–H groups in total. The van der Waals surface area contributed by atoms with E-state index in [0.717, 1.165) is 24.9 Å². The minimum atomic E-state index is 0.0278. The zero-order chi connectivity index (χ0) is 13.8. The predicted octanol–water partition coefficient (Wildman–Crippen LogP) is 2.22. The van der Waals surface area contributed by atoms with Crippen molar-refractivity contribution in [1.82, 2.24) is 4.90 Å². The Morgan fingerprint density at radius 3 is 3.00 bits per heavy atom. The van der Waals surface area contributed by atoms with Crippen LogP contribution >= 0.6 is 0 Å². The molecule has 1 unspecified atom stereocenters. The second kappa shape index (κ2) is 6.06. The summed E-state index contributed by atoms with van der Waals surface area (Å²) < 4.78 is 5.63. The molecule has 1 fully saturated rings. The summed E-state index contributed by atoms with van der Waals surface area (Å²) in [4.78, 5) is 14.4. The highest BCUT2D eigenvalue weighted by Crippen LogP contribution is 2.21. The highest BCUT2D eigenvalue weighted by Gasteiger charge is 2.26. The van der Waals surface area contributed by atoms with Crippen LogP contribution in [-0.4, -0.2) is 36.6 Å². The zero-order valence-corrected chi connectivity index (χ0v) is 11.7. The average Bonchev–Trinajstić information content (AvgIpc) is 2.39. The number of nitrogens with two attached hydrogens (primary N) is 1. The van der Waals surface area contributed by atoms with Gasteiger partial charge in [0.1, 0.15) is 0 Å². The Morgan fingerprint density at radius 2 is 2.32 bits per heavy atom. The first-order chi connectivity index (χ1) is 9.13. The van der Waals surface area contributed by atoms with E-state index >= 15 is 0 Å². The molecule has 1 atom stereocenters. The second-order valence-electron chi connectivity index (χ2n) is 5.01. The fraction of sp³-hybridized carbons (Fsp3) is 0.533. The van der Waals surface area contributed by atoms with Gasteiger partial charge in [-0.2, -0.15) is 0 Å². The van der Waals surface area contributed by atoms with Crippen LogP contribution in [0.3, 0.4) is 0 Å². The number of hydrogen-bond donors (Lipinski definition) is 1. The lowest BCUT2D eigenvalue weighted by atomic mass is 10.0. The Kier molecular flexibility index (Phi) is 4.43. The van der Waals surface area contributed by atoms with Crippen molar-refractivity contribution in [2.24, 2.45) is 0 Å². The summed E-state index contributed by atoms with van der Waals surface area (Å²) in [5.74, 6) is 0.0278. The topological polar surface area (TPSA) is 55.6 Å². The fourth-order valence-corrected chi connectivity index (χ4v) is 2.64. The van der Waals surface area contributed by atoms with Crippen molar-refractivity contribution in [3.05, 3.63) is 29.3 Å². The summed E-state index contributed by atoms with van der Waals surface area (Å²) in [6.07, 6.45) is 2.18. The number of piperidine rings is 1. The van der Waals surface area contributed by atoms with Crippen molar-refractivity contribution in [2.75, 3.05) is 25.4 Å². The molecule has 104 valence electrons. The lowest BCUT2D eigenvalue weighted by Crippen LogP contribution is -2.43. The van der Waals surface area contributed by atoms with E-state index in [9.17, 15) is 4.79 Å². The zero-order valence-electron chi connectivity index (χ0n) is 11.7. The van der Waals surface area contributed by atoms with Crippen molar-refractivity contribution < 1.29 is 9.53 Å². The number of carbonyl (C=O) groups is 1. The van der Waals surface area contributed by atoms with Gasteiger partial charge in [0.2, 0.25) is 0 Å². The first-order valence-corrected chi connectivity index (χ1v) is 6.89. The molecule has 0 bridgehead atoms. The van der Waals surface area contributed by atoms with Gasteiger partial charge in [0.25, 0.3) is 5.91 Å². The molecule has 19 heavy (non-hydrogen) atoms. The summed E-state index contributed by atoms with van der Waals surface area (Å²) in [5.41, 5.74) is 8.07. The molecule has 1 aromatic rings. The molecule has 0 aromatic heterocycles. The van der Waals surface area contributed by atoms with Crippen molar-refractivity contribution >= 4 is 11.6 Å². The number of amides is 1. The average molecular weight is 262 g/mol. The minimum absolute atomic E-state index is 0.0278. The van der Waals surface area contributed by atoms with Gasteiger partial charge >= 0.3 is 0 Å². The van der Waals surface area contributed by atoms with Crippen molar-refractivity contribution in [1.29, 1.82) is 0 Å². The summed E-state index contributed by atoms with van der Waals surface area (Å²) in [5, 5.41) is 0. The van der Waals surface area contributed by atoms with E-state index in [1.807, 2.05) is 30.9 Å². The molecule has 1 amide bonds. The Bertz CT molecular complexity index is 437. The molecule has 4 heteroatoms. The largest absolute Gasteiger partial charge is 0.398 e. The van der Waals surface area contributed by atoms with Crippen LogP contribution in [-0.2, 0) is 4.74 Å². The standard InChI is InChI=1S/C15H22N2O2/c1-3-19-12-7-5-9-17(10-12)15(18)14-11(2)6-4-8-13(14)16/h4,6,8,12H,3,5,7,9-10,16H2,1-2H3. The highest BCUT2D eigenvalue weighted by molar-refractivity contribution is 6.00. The molecule has 1 heterocycles. The van der Waals surface area contributed by atoms with Crippen LogP contribution in [0.25, 0.3) is 0 Å². The van der Waals surface area contributed by atoms with Crippen LogP contribution in [0.2, 0.25) is 0 Å². The normalized spacial score (nSPS) is 19.5. The smallest absolute Gasteiger partial charge is 0.256 e. The molecule has 0 saturated carbocycles. The van der Waals surface area contributed by atoms with Gasteiger partial charge in [-0.3, -0.25) is 4.79 Å². The maximum Gasteiger partial charge on any atom is 0.256 e. The van der Waals surface area contributed by atoms with Gasteiger partial charge in [-0.15, -0.1) is 0 Å². The van der Waals surface area contributed by atoms with Gasteiger partial charge in [0, 0.05) is 25.4 Å². The number of aryl methyl sites for hydroxylation is 1. The number of ether oxygens (including phenoxy) is 1. The Balaban J connectivity index is 2.15. The third-order valence-corrected chi connectivity index (χ3v) is 3.59. The highest BCUT2D eigenvalue weighted by atomic mass is 16.5. The van der Waals surface area contributed by atoms with E-state index in [2.05, 4.69) is 0 Å². The number of benzene rings is 1. The van der Waals surface area contributed by atoms with E-state index in [1.165, 1.54) is 0 Å². The summed E-state index contributed by atoms with van der Waals surface area (Å²) in [6, 6.07) is 5.58. The van der Waals surface area contributed by atoms with Crippen molar-refractivity contribution in [3.8, 4) is 0 Å². The lowest BCUT2D eigenvalue weighted by Gasteiger charge is -2.33. The van der Waals surface area contributed by atoms with Crippen LogP contribution in [0.1, 0.15) is 35.7 Å². The minimum Gasteiger partial charge on any atom is -0.398 e. The number of hydrogen-bond acceptors (Lipinski definition) is 3. The molecular weight excluding hydrogens is 240 g/mol. The number of rotatable bonds is 3. The Hall–Kier alpha value is -1.55. The molecular formula is C15H22N2O2. The molecule has 0 radical (unpaired) electrons. The summed E-state index contributed by atoms with van der Waals surface area (Å²) in [6.45, 7) is 6.06. The number of likely N-dealkylation sites (tertiary alicyclic amines) is 1. The number of carbonyl (C=O) groups excluding carboxylic acids is 1. The van der Waals surface area contributed by atoms with Crippen LogP contribution in [0.5, 0.6) is 0 Å². The van der Waals surface area contributed by atoms with Gasteiger partial charge in [-0.1, -0.05) is 12.1 Å². The second-order valence-corrected chi connectivity index (χ2v) is 5.01. The Labute approximate surface area is 114 Å². The first-order valence-electron chi connectivity index (χ1n) is 6.89. The Morgan fingerprint density at radius 1 is 1.53 bits per heavy atom.